The van der Waals surface area contributed by atoms with Gasteiger partial charge in [0.25, 0.3) is 0 Å². The molecule has 0 radical (unpaired) electrons. The number of ether oxygens (including phenoxy) is 1. The van der Waals surface area contributed by atoms with Crippen molar-refractivity contribution in [3.63, 3.8) is 0 Å². The van der Waals surface area contributed by atoms with Crippen molar-refractivity contribution in [3.05, 3.63) is 71.5 Å². The molecular formula is C18H20FNO2. The summed E-state index contributed by atoms with van der Waals surface area (Å²) in [5, 5.41) is 0. The molecule has 116 valence electrons. The van der Waals surface area contributed by atoms with Crippen molar-refractivity contribution in [2.75, 3.05) is 26.8 Å². The van der Waals surface area contributed by atoms with Gasteiger partial charge in [0.05, 0.1) is 6.61 Å². The van der Waals surface area contributed by atoms with Gasteiger partial charge in [0.15, 0.2) is 5.78 Å². The number of nitrogens with zero attached hydrogens (tertiary/aromatic N) is 1. The lowest BCUT2D eigenvalue weighted by molar-refractivity contribution is 0.0713. The molecule has 0 unspecified atom stereocenters. The molecule has 0 spiro atoms. The summed E-state index contributed by atoms with van der Waals surface area (Å²) >= 11 is 0. The molecule has 0 aliphatic rings. The average Bonchev–Trinajstić information content (AvgIpc) is 2.54. The molecule has 0 amide bonds. The Bertz CT molecular complexity index is 601. The summed E-state index contributed by atoms with van der Waals surface area (Å²) < 4.78 is 18.9. The van der Waals surface area contributed by atoms with Crippen molar-refractivity contribution < 1.29 is 13.9 Å². The van der Waals surface area contributed by atoms with Crippen LogP contribution >= 0.6 is 0 Å². The minimum Gasteiger partial charge on any atom is -0.372 e. The zero-order valence-electron chi connectivity index (χ0n) is 12.7. The van der Waals surface area contributed by atoms with E-state index in [4.69, 9.17) is 4.74 Å². The van der Waals surface area contributed by atoms with E-state index in [1.165, 1.54) is 6.07 Å². The Kier molecular flexibility index (Phi) is 6.25. The number of rotatable bonds is 8. The van der Waals surface area contributed by atoms with Gasteiger partial charge in [-0.05, 0) is 13.1 Å². The maximum Gasteiger partial charge on any atom is 0.188 e. The van der Waals surface area contributed by atoms with Crippen LogP contribution in [-0.4, -0.2) is 37.5 Å². The topological polar surface area (TPSA) is 29.5 Å². The lowest BCUT2D eigenvalue weighted by Gasteiger charge is -2.17. The lowest BCUT2D eigenvalue weighted by Crippen LogP contribution is -2.24. The van der Waals surface area contributed by atoms with E-state index in [-0.39, 0.29) is 18.2 Å². The first-order valence-corrected chi connectivity index (χ1v) is 7.25. The summed E-state index contributed by atoms with van der Waals surface area (Å²) in [7, 11) is 1.90. The van der Waals surface area contributed by atoms with E-state index in [1.54, 1.807) is 24.3 Å². The van der Waals surface area contributed by atoms with Gasteiger partial charge in [-0.3, -0.25) is 9.69 Å². The Balaban J connectivity index is 1.68. The molecule has 0 heterocycles. The fourth-order valence-electron chi connectivity index (χ4n) is 2.09. The summed E-state index contributed by atoms with van der Waals surface area (Å²) in [5.74, 6) is -0.230. The molecule has 0 N–H and O–H groups in total. The van der Waals surface area contributed by atoms with Crippen LogP contribution in [0.5, 0.6) is 0 Å². The monoisotopic (exact) mass is 301 g/mol. The zero-order chi connectivity index (χ0) is 15.8. The minimum absolute atomic E-state index is 0.0302. The second-order valence-electron chi connectivity index (χ2n) is 5.17. The molecule has 0 aliphatic heterocycles. The third-order valence-electron chi connectivity index (χ3n) is 3.34. The van der Waals surface area contributed by atoms with Crippen LogP contribution in [0, 0.1) is 5.82 Å². The van der Waals surface area contributed by atoms with Gasteiger partial charge in [-0.25, -0.2) is 4.39 Å². The Morgan fingerprint density at radius 2 is 1.77 bits per heavy atom. The van der Waals surface area contributed by atoms with E-state index in [2.05, 4.69) is 0 Å². The summed E-state index contributed by atoms with van der Waals surface area (Å²) in [4.78, 5) is 13.8. The maximum atomic E-state index is 13.5. The number of ketones is 1. The minimum atomic E-state index is -0.200. The second-order valence-corrected chi connectivity index (χ2v) is 5.17. The number of benzene rings is 2. The summed E-state index contributed by atoms with van der Waals surface area (Å²) in [6.07, 6.45) is 0. The molecule has 0 saturated carbocycles. The van der Waals surface area contributed by atoms with Gasteiger partial charge < -0.3 is 4.74 Å². The van der Waals surface area contributed by atoms with Gasteiger partial charge in [0, 0.05) is 24.2 Å². The van der Waals surface area contributed by atoms with Gasteiger partial charge in [0.1, 0.15) is 12.4 Å². The number of hydrogen-bond donors (Lipinski definition) is 0. The van der Waals surface area contributed by atoms with Crippen LogP contribution in [0.25, 0.3) is 0 Å². The van der Waals surface area contributed by atoms with Crippen LogP contribution in [0.1, 0.15) is 15.9 Å². The molecular weight excluding hydrogens is 281 g/mol. The number of likely N-dealkylation sites (N-methyl/N-ethyl adjacent to an activating group) is 1. The maximum absolute atomic E-state index is 13.5. The Morgan fingerprint density at radius 1 is 1.09 bits per heavy atom. The van der Waals surface area contributed by atoms with Gasteiger partial charge in [-0.1, -0.05) is 48.5 Å². The third-order valence-corrected chi connectivity index (χ3v) is 3.34. The van der Waals surface area contributed by atoms with Crippen LogP contribution in [0.15, 0.2) is 54.6 Å². The van der Waals surface area contributed by atoms with E-state index in [0.717, 1.165) is 0 Å². The largest absolute Gasteiger partial charge is 0.372 e. The van der Waals surface area contributed by atoms with E-state index >= 15 is 0 Å². The number of carbonyl (C=O) groups excluding carboxylic acids is 1. The van der Waals surface area contributed by atoms with E-state index < -0.39 is 0 Å². The predicted molar refractivity (Wildman–Crippen MR) is 84.3 cm³/mol. The molecule has 22 heavy (non-hydrogen) atoms. The van der Waals surface area contributed by atoms with E-state index in [0.29, 0.717) is 30.8 Å². The molecule has 0 aromatic heterocycles. The van der Waals surface area contributed by atoms with Crippen molar-refractivity contribution in [2.24, 2.45) is 0 Å². The molecule has 0 bridgehead atoms. The zero-order valence-corrected chi connectivity index (χ0v) is 12.7. The van der Waals surface area contributed by atoms with Crippen molar-refractivity contribution >= 4 is 5.78 Å². The fraction of sp³-hybridized carbons (Fsp3) is 0.278. The van der Waals surface area contributed by atoms with Gasteiger partial charge >= 0.3 is 0 Å². The van der Waals surface area contributed by atoms with E-state index in [9.17, 15) is 9.18 Å². The van der Waals surface area contributed by atoms with Crippen molar-refractivity contribution in [2.45, 2.75) is 6.54 Å². The molecule has 0 aliphatic carbocycles. The molecule has 2 aromatic rings. The molecule has 0 atom stereocenters. The lowest BCUT2D eigenvalue weighted by atomic mass is 10.1. The Hall–Kier alpha value is -2.04. The first-order chi connectivity index (χ1) is 10.7. The smallest absolute Gasteiger partial charge is 0.188 e. The molecule has 3 nitrogen and oxygen atoms in total. The number of carbonyl (C=O) groups is 1. The highest BCUT2D eigenvalue weighted by molar-refractivity contribution is 5.96. The van der Waals surface area contributed by atoms with E-state index in [1.807, 2.05) is 36.2 Å². The first-order valence-electron chi connectivity index (χ1n) is 7.25. The number of halogens is 1. The molecule has 2 rings (SSSR count). The second kappa shape index (κ2) is 8.41. The molecule has 2 aromatic carbocycles. The highest BCUT2D eigenvalue weighted by Crippen LogP contribution is 2.08. The van der Waals surface area contributed by atoms with Crippen molar-refractivity contribution in [1.29, 1.82) is 0 Å². The Labute approximate surface area is 130 Å². The van der Waals surface area contributed by atoms with Crippen molar-refractivity contribution in [1.82, 2.24) is 4.90 Å². The summed E-state index contributed by atoms with van der Waals surface area (Å²) in [6.45, 7) is 1.65. The van der Waals surface area contributed by atoms with Crippen LogP contribution in [0.2, 0.25) is 0 Å². The number of Topliss-reactive ketones (excluding diaryl/α,β-unsaturated/α-hetero) is 1. The highest BCUT2D eigenvalue weighted by atomic mass is 19.1. The van der Waals surface area contributed by atoms with Crippen LogP contribution in [-0.2, 0) is 11.3 Å². The molecule has 0 fully saturated rings. The first kappa shape index (κ1) is 16.3. The van der Waals surface area contributed by atoms with Gasteiger partial charge in [-0.15, -0.1) is 0 Å². The predicted octanol–water partition coefficient (Wildman–Crippen LogP) is 3.16. The van der Waals surface area contributed by atoms with Gasteiger partial charge in [-0.2, -0.15) is 0 Å². The third kappa shape index (κ3) is 5.06. The standard InChI is InChI=1S/C18H20FNO2/c1-20(13-16-9-5-6-10-17(16)19)11-12-22-14-18(21)15-7-3-2-4-8-15/h2-10H,11-14H2,1H3. The normalized spacial score (nSPS) is 10.9. The van der Waals surface area contributed by atoms with Crippen LogP contribution in [0.4, 0.5) is 4.39 Å². The fourth-order valence-corrected chi connectivity index (χ4v) is 2.09. The van der Waals surface area contributed by atoms with Gasteiger partial charge in [0.2, 0.25) is 0 Å². The summed E-state index contributed by atoms with van der Waals surface area (Å²) in [6, 6.07) is 15.8. The summed E-state index contributed by atoms with van der Waals surface area (Å²) in [5.41, 5.74) is 1.31. The van der Waals surface area contributed by atoms with Crippen molar-refractivity contribution in [3.8, 4) is 0 Å². The average molecular weight is 301 g/mol. The Morgan fingerprint density at radius 3 is 2.50 bits per heavy atom. The molecule has 4 heteroatoms. The number of hydrogen-bond acceptors (Lipinski definition) is 3. The molecule has 0 saturated heterocycles. The quantitative estimate of drug-likeness (QED) is 0.554. The van der Waals surface area contributed by atoms with Crippen LogP contribution in [0.3, 0.4) is 0 Å². The SMILES string of the molecule is CN(CCOCC(=O)c1ccccc1)Cc1ccccc1F. The highest BCUT2D eigenvalue weighted by Gasteiger charge is 2.07. The van der Waals surface area contributed by atoms with Crippen LogP contribution < -0.4 is 0 Å².